The molecule has 0 unspecified atom stereocenters. The second-order valence-electron chi connectivity index (χ2n) is 7.71. The highest BCUT2D eigenvalue weighted by atomic mass is 16.2. The molecule has 3 aromatic rings. The Balaban J connectivity index is 1.57. The number of H-pyrrole nitrogens is 1. The van der Waals surface area contributed by atoms with Crippen LogP contribution in [0.15, 0.2) is 54.7 Å². The van der Waals surface area contributed by atoms with E-state index >= 15 is 0 Å². The molecule has 7 nitrogen and oxygen atoms in total. The number of carbonyl (C=O) groups excluding carboxylic acids is 3. The molecule has 31 heavy (non-hydrogen) atoms. The van der Waals surface area contributed by atoms with E-state index in [4.69, 9.17) is 0 Å². The van der Waals surface area contributed by atoms with Crippen LogP contribution in [0.1, 0.15) is 61.6 Å². The Kier molecular flexibility index (Phi) is 5.93. The number of aryl methyl sites for hydroxylation is 1. The Bertz CT molecular complexity index is 1110. The molecule has 2 amide bonds. The lowest BCUT2D eigenvalue weighted by molar-refractivity contribution is 0.0720. The molecule has 0 radical (unpaired) electrons. The number of hydrogen-bond donors (Lipinski definition) is 2. The van der Waals surface area contributed by atoms with Gasteiger partial charge in [0, 0.05) is 24.2 Å². The number of ketones is 1. The number of nitrogens with zero attached hydrogens (tertiary/aromatic N) is 2. The topological polar surface area (TPSA) is 95.2 Å². The van der Waals surface area contributed by atoms with E-state index in [1.54, 1.807) is 41.3 Å². The summed E-state index contributed by atoms with van der Waals surface area (Å²) in [4.78, 5) is 40.6. The first-order valence-corrected chi connectivity index (χ1v) is 10.4. The van der Waals surface area contributed by atoms with Gasteiger partial charge in [-0.1, -0.05) is 42.0 Å². The van der Waals surface area contributed by atoms with Crippen LogP contribution >= 0.6 is 0 Å². The third-order valence-corrected chi connectivity index (χ3v) is 5.47. The lowest BCUT2D eigenvalue weighted by Gasteiger charge is -2.26. The Morgan fingerprint density at radius 3 is 2.39 bits per heavy atom. The monoisotopic (exact) mass is 416 g/mol. The molecule has 0 aliphatic carbocycles. The first kappa shape index (κ1) is 20.5. The lowest BCUT2D eigenvalue weighted by Crippen LogP contribution is -2.36. The van der Waals surface area contributed by atoms with Crippen LogP contribution in [-0.2, 0) is 0 Å². The van der Waals surface area contributed by atoms with Crippen molar-refractivity contribution >= 4 is 23.3 Å². The largest absolute Gasteiger partial charge is 0.339 e. The number of para-hydroxylation sites is 1. The third kappa shape index (κ3) is 4.40. The molecule has 1 aromatic heterocycles. The molecule has 0 saturated carbocycles. The lowest BCUT2D eigenvalue weighted by atomic mass is 10.0. The van der Waals surface area contributed by atoms with Gasteiger partial charge in [0.25, 0.3) is 11.8 Å². The molecule has 1 saturated heterocycles. The standard InChI is InChI=1S/C24H24N4O3/c1-16-9-11-17(12-10-16)22(29)18-7-3-4-8-20(18)26-23(30)21-19(15-25-27-21)24(31)28-13-5-2-6-14-28/h3-4,7-12,15H,2,5-6,13-14H2,1H3,(H,25,27)(H,26,30). The van der Waals surface area contributed by atoms with E-state index in [1.165, 1.54) is 6.20 Å². The second-order valence-corrected chi connectivity index (χ2v) is 7.71. The van der Waals surface area contributed by atoms with Crippen LogP contribution in [0, 0.1) is 6.92 Å². The smallest absolute Gasteiger partial charge is 0.274 e. The number of likely N-dealkylation sites (tertiary alicyclic amines) is 1. The number of piperidine rings is 1. The highest BCUT2D eigenvalue weighted by Crippen LogP contribution is 2.21. The number of nitrogens with one attached hydrogen (secondary N) is 2. The summed E-state index contributed by atoms with van der Waals surface area (Å²) in [6.07, 6.45) is 4.41. The molecule has 158 valence electrons. The summed E-state index contributed by atoms with van der Waals surface area (Å²) in [6, 6.07) is 14.1. The van der Waals surface area contributed by atoms with E-state index in [1.807, 2.05) is 19.1 Å². The van der Waals surface area contributed by atoms with Crippen molar-refractivity contribution in [3.63, 3.8) is 0 Å². The number of aromatic nitrogens is 2. The fraction of sp³-hybridized carbons (Fsp3) is 0.250. The van der Waals surface area contributed by atoms with Crippen molar-refractivity contribution in [1.29, 1.82) is 0 Å². The quantitative estimate of drug-likeness (QED) is 0.618. The van der Waals surface area contributed by atoms with Gasteiger partial charge in [0.1, 0.15) is 5.69 Å². The zero-order chi connectivity index (χ0) is 21.8. The average molecular weight is 416 g/mol. The molecule has 2 aromatic carbocycles. The maximum atomic E-state index is 13.0. The van der Waals surface area contributed by atoms with Gasteiger partial charge in [-0.3, -0.25) is 19.5 Å². The van der Waals surface area contributed by atoms with Gasteiger partial charge in [0.15, 0.2) is 5.78 Å². The van der Waals surface area contributed by atoms with Gasteiger partial charge in [-0.05, 0) is 38.3 Å². The second kappa shape index (κ2) is 8.95. The molecule has 1 aliphatic heterocycles. The van der Waals surface area contributed by atoms with Crippen LogP contribution in [0.2, 0.25) is 0 Å². The third-order valence-electron chi connectivity index (χ3n) is 5.47. The number of hydrogen-bond acceptors (Lipinski definition) is 4. The molecule has 1 fully saturated rings. The average Bonchev–Trinajstić information content (AvgIpc) is 3.30. The van der Waals surface area contributed by atoms with Gasteiger partial charge < -0.3 is 10.2 Å². The summed E-state index contributed by atoms with van der Waals surface area (Å²) >= 11 is 0. The molecule has 7 heteroatoms. The zero-order valence-corrected chi connectivity index (χ0v) is 17.4. The maximum absolute atomic E-state index is 13.0. The van der Waals surface area contributed by atoms with Crippen LogP contribution in [0.5, 0.6) is 0 Å². The summed E-state index contributed by atoms with van der Waals surface area (Å²) in [5.41, 5.74) is 2.68. The predicted octanol–water partition coefficient (Wildman–Crippen LogP) is 3.83. The fourth-order valence-electron chi connectivity index (χ4n) is 3.72. The SMILES string of the molecule is Cc1ccc(C(=O)c2ccccc2NC(=O)c2[nH]ncc2C(=O)N2CCCCC2)cc1. The summed E-state index contributed by atoms with van der Waals surface area (Å²) in [5, 5.41) is 9.32. The van der Waals surface area contributed by atoms with E-state index in [9.17, 15) is 14.4 Å². The summed E-state index contributed by atoms with van der Waals surface area (Å²) in [7, 11) is 0. The summed E-state index contributed by atoms with van der Waals surface area (Å²) < 4.78 is 0. The minimum absolute atomic E-state index is 0.0909. The highest BCUT2D eigenvalue weighted by Gasteiger charge is 2.26. The van der Waals surface area contributed by atoms with E-state index < -0.39 is 5.91 Å². The molecule has 0 atom stereocenters. The van der Waals surface area contributed by atoms with Gasteiger partial charge in [-0.15, -0.1) is 0 Å². The number of benzene rings is 2. The van der Waals surface area contributed by atoms with E-state index in [0.29, 0.717) is 29.9 Å². The molecule has 0 bridgehead atoms. The van der Waals surface area contributed by atoms with Crippen LogP contribution < -0.4 is 5.32 Å². The number of amides is 2. The Morgan fingerprint density at radius 2 is 1.65 bits per heavy atom. The fourth-order valence-corrected chi connectivity index (χ4v) is 3.72. The van der Waals surface area contributed by atoms with Crippen molar-refractivity contribution in [2.75, 3.05) is 18.4 Å². The molecular formula is C24H24N4O3. The Labute approximate surface area is 180 Å². The molecular weight excluding hydrogens is 392 g/mol. The zero-order valence-electron chi connectivity index (χ0n) is 17.4. The summed E-state index contributed by atoms with van der Waals surface area (Å²) in [6.45, 7) is 3.31. The molecule has 1 aliphatic rings. The number of anilines is 1. The van der Waals surface area contributed by atoms with Crippen LogP contribution in [0.4, 0.5) is 5.69 Å². The van der Waals surface area contributed by atoms with Crippen molar-refractivity contribution in [2.45, 2.75) is 26.2 Å². The van der Waals surface area contributed by atoms with Gasteiger partial charge >= 0.3 is 0 Å². The van der Waals surface area contributed by atoms with Crippen molar-refractivity contribution in [1.82, 2.24) is 15.1 Å². The molecule has 2 heterocycles. The van der Waals surface area contributed by atoms with Crippen molar-refractivity contribution in [3.05, 3.63) is 82.7 Å². The van der Waals surface area contributed by atoms with Gasteiger partial charge in [-0.2, -0.15) is 5.10 Å². The van der Waals surface area contributed by atoms with Crippen molar-refractivity contribution in [2.24, 2.45) is 0 Å². The van der Waals surface area contributed by atoms with Gasteiger partial charge in [-0.25, -0.2) is 0 Å². The van der Waals surface area contributed by atoms with E-state index in [2.05, 4.69) is 15.5 Å². The van der Waals surface area contributed by atoms with E-state index in [0.717, 1.165) is 24.8 Å². The number of carbonyl (C=O) groups is 3. The van der Waals surface area contributed by atoms with Crippen molar-refractivity contribution in [3.8, 4) is 0 Å². The normalized spacial score (nSPS) is 13.6. The maximum Gasteiger partial charge on any atom is 0.274 e. The first-order chi connectivity index (χ1) is 15.0. The predicted molar refractivity (Wildman–Crippen MR) is 117 cm³/mol. The number of aromatic amines is 1. The van der Waals surface area contributed by atoms with Crippen LogP contribution in [0.3, 0.4) is 0 Å². The van der Waals surface area contributed by atoms with Gasteiger partial charge in [0.05, 0.1) is 17.4 Å². The van der Waals surface area contributed by atoms with Crippen LogP contribution in [-0.4, -0.2) is 45.8 Å². The van der Waals surface area contributed by atoms with Crippen LogP contribution in [0.25, 0.3) is 0 Å². The molecule has 4 rings (SSSR count). The minimum Gasteiger partial charge on any atom is -0.339 e. The number of rotatable bonds is 5. The van der Waals surface area contributed by atoms with Crippen molar-refractivity contribution < 1.29 is 14.4 Å². The first-order valence-electron chi connectivity index (χ1n) is 10.4. The summed E-state index contributed by atoms with van der Waals surface area (Å²) in [5.74, 6) is -0.908. The molecule has 0 spiro atoms. The molecule has 2 N–H and O–H groups in total. The van der Waals surface area contributed by atoms with Gasteiger partial charge in [0.2, 0.25) is 0 Å². The van der Waals surface area contributed by atoms with E-state index in [-0.39, 0.29) is 22.9 Å². The minimum atomic E-state index is -0.512. The highest BCUT2D eigenvalue weighted by molar-refractivity contribution is 6.16. The Morgan fingerprint density at radius 1 is 0.935 bits per heavy atom. The Hall–Kier alpha value is -3.74.